The first-order valence-electron chi connectivity index (χ1n) is 7.44. The topological polar surface area (TPSA) is 29.3 Å². The van der Waals surface area contributed by atoms with Gasteiger partial charge in [-0.3, -0.25) is 4.90 Å². The number of fused-ring (bicyclic) bond motifs is 1. The molecular weight excluding hydrogens is 320 g/mol. The minimum absolute atomic E-state index is 0.254. The quantitative estimate of drug-likeness (QED) is 0.895. The van der Waals surface area contributed by atoms with E-state index in [0.29, 0.717) is 6.04 Å². The Balaban J connectivity index is 1.80. The minimum atomic E-state index is 0.254. The molecule has 1 aliphatic carbocycles. The van der Waals surface area contributed by atoms with Crippen LogP contribution in [0, 0.1) is 11.8 Å². The van der Waals surface area contributed by atoms with Gasteiger partial charge in [-0.1, -0.05) is 13.3 Å². The number of hydrogen-bond donors (Lipinski definition) is 1. The van der Waals surface area contributed by atoms with Gasteiger partial charge < -0.3 is 5.73 Å². The van der Waals surface area contributed by atoms with Gasteiger partial charge in [0.1, 0.15) is 0 Å². The van der Waals surface area contributed by atoms with Crippen LogP contribution in [0.2, 0.25) is 0 Å². The molecule has 0 bridgehead atoms. The van der Waals surface area contributed by atoms with Gasteiger partial charge in [-0.05, 0) is 59.2 Å². The zero-order valence-corrected chi connectivity index (χ0v) is 13.9. The molecule has 106 valence electrons. The molecule has 0 radical (unpaired) electrons. The van der Waals surface area contributed by atoms with E-state index in [1.807, 2.05) is 11.3 Å². The van der Waals surface area contributed by atoms with Crippen LogP contribution in [0.3, 0.4) is 0 Å². The van der Waals surface area contributed by atoms with Crippen molar-refractivity contribution in [3.63, 3.8) is 0 Å². The summed E-state index contributed by atoms with van der Waals surface area (Å²) in [4.78, 5) is 4.10. The number of rotatable bonds is 4. The monoisotopic (exact) mass is 342 g/mol. The summed E-state index contributed by atoms with van der Waals surface area (Å²) < 4.78 is 1.22. The highest BCUT2D eigenvalue weighted by Gasteiger charge is 2.40. The zero-order chi connectivity index (χ0) is 13.4. The van der Waals surface area contributed by atoms with Gasteiger partial charge >= 0.3 is 0 Å². The summed E-state index contributed by atoms with van der Waals surface area (Å²) in [5.74, 6) is 1.88. The third-order valence-electron chi connectivity index (χ3n) is 4.91. The van der Waals surface area contributed by atoms with E-state index in [2.05, 4.69) is 39.9 Å². The molecule has 0 amide bonds. The molecule has 2 fully saturated rings. The van der Waals surface area contributed by atoms with E-state index in [0.717, 1.165) is 18.3 Å². The van der Waals surface area contributed by atoms with E-state index in [4.69, 9.17) is 5.73 Å². The highest BCUT2D eigenvalue weighted by Crippen LogP contribution is 2.43. The predicted molar refractivity (Wildman–Crippen MR) is 85.4 cm³/mol. The summed E-state index contributed by atoms with van der Waals surface area (Å²) in [6, 6.07) is 5.09. The van der Waals surface area contributed by atoms with Gasteiger partial charge in [0.25, 0.3) is 0 Å². The van der Waals surface area contributed by atoms with Gasteiger partial charge in [0.15, 0.2) is 0 Å². The molecule has 19 heavy (non-hydrogen) atoms. The molecule has 1 aromatic heterocycles. The average molecular weight is 343 g/mol. The number of hydrogen-bond acceptors (Lipinski definition) is 3. The van der Waals surface area contributed by atoms with Gasteiger partial charge in [0.2, 0.25) is 0 Å². The molecule has 1 aromatic rings. The van der Waals surface area contributed by atoms with Gasteiger partial charge in [-0.15, -0.1) is 11.3 Å². The van der Waals surface area contributed by atoms with Crippen molar-refractivity contribution in [2.24, 2.45) is 17.6 Å². The standard InChI is InChI=1S/C15H23BrN2S/c1-2-12(17)15(13-6-7-14(16)19-13)18-8-10-4-3-5-11(10)9-18/h6-7,10-12,15H,2-5,8-9,17H2,1H3. The normalized spacial score (nSPS) is 30.5. The molecule has 4 unspecified atom stereocenters. The molecule has 1 saturated heterocycles. The highest BCUT2D eigenvalue weighted by molar-refractivity contribution is 9.11. The number of halogens is 1. The van der Waals surface area contributed by atoms with Crippen molar-refractivity contribution >= 4 is 27.3 Å². The maximum absolute atomic E-state index is 6.44. The second kappa shape index (κ2) is 5.84. The fourth-order valence-electron chi connectivity index (χ4n) is 3.87. The Morgan fingerprint density at radius 1 is 1.37 bits per heavy atom. The Morgan fingerprint density at radius 2 is 2.05 bits per heavy atom. The summed E-state index contributed by atoms with van der Waals surface area (Å²) in [5.41, 5.74) is 6.44. The largest absolute Gasteiger partial charge is 0.326 e. The van der Waals surface area contributed by atoms with Crippen molar-refractivity contribution in [1.82, 2.24) is 4.90 Å². The summed E-state index contributed by atoms with van der Waals surface area (Å²) in [5, 5.41) is 0. The first kappa shape index (κ1) is 14.1. The van der Waals surface area contributed by atoms with E-state index in [1.54, 1.807) is 0 Å². The molecule has 2 nitrogen and oxygen atoms in total. The van der Waals surface area contributed by atoms with Crippen LogP contribution < -0.4 is 5.73 Å². The fourth-order valence-corrected chi connectivity index (χ4v) is 5.51. The SMILES string of the molecule is CCC(N)C(c1ccc(Br)s1)N1CC2CCCC2C1. The molecule has 0 aromatic carbocycles. The van der Waals surface area contributed by atoms with Crippen LogP contribution in [-0.4, -0.2) is 24.0 Å². The van der Waals surface area contributed by atoms with E-state index < -0.39 is 0 Å². The smallest absolute Gasteiger partial charge is 0.0702 e. The summed E-state index contributed by atoms with van der Waals surface area (Å²) in [6.07, 6.45) is 5.36. The molecule has 2 N–H and O–H groups in total. The molecule has 1 aliphatic heterocycles. The third kappa shape index (κ3) is 2.78. The molecule has 2 aliphatic rings. The average Bonchev–Trinajstić information content (AvgIpc) is 3.05. The molecule has 0 spiro atoms. The molecule has 4 atom stereocenters. The van der Waals surface area contributed by atoms with Crippen LogP contribution in [0.15, 0.2) is 15.9 Å². The maximum atomic E-state index is 6.44. The van der Waals surface area contributed by atoms with Crippen LogP contribution >= 0.6 is 27.3 Å². The lowest BCUT2D eigenvalue weighted by Crippen LogP contribution is -2.39. The first-order chi connectivity index (χ1) is 9.19. The summed E-state index contributed by atoms with van der Waals surface area (Å²) >= 11 is 5.44. The van der Waals surface area contributed by atoms with Crippen LogP contribution in [0.1, 0.15) is 43.5 Å². The lowest BCUT2D eigenvalue weighted by Gasteiger charge is -2.32. The molecule has 1 saturated carbocycles. The molecular formula is C15H23BrN2S. The molecule has 2 heterocycles. The fraction of sp³-hybridized carbons (Fsp3) is 0.733. The lowest BCUT2D eigenvalue weighted by molar-refractivity contribution is 0.197. The second-order valence-electron chi connectivity index (χ2n) is 6.06. The Bertz CT molecular complexity index is 422. The Kier molecular flexibility index (Phi) is 4.32. The van der Waals surface area contributed by atoms with Gasteiger partial charge in [-0.2, -0.15) is 0 Å². The van der Waals surface area contributed by atoms with Crippen LogP contribution in [0.25, 0.3) is 0 Å². The van der Waals surface area contributed by atoms with E-state index in [1.165, 1.54) is 41.0 Å². The minimum Gasteiger partial charge on any atom is -0.326 e. The Labute approximate surface area is 128 Å². The van der Waals surface area contributed by atoms with Crippen molar-refractivity contribution in [2.75, 3.05) is 13.1 Å². The number of likely N-dealkylation sites (tertiary alicyclic amines) is 1. The lowest BCUT2D eigenvalue weighted by atomic mass is 10.0. The second-order valence-corrected chi connectivity index (χ2v) is 8.56. The van der Waals surface area contributed by atoms with Crippen molar-refractivity contribution < 1.29 is 0 Å². The van der Waals surface area contributed by atoms with Crippen LogP contribution in [-0.2, 0) is 0 Å². The zero-order valence-electron chi connectivity index (χ0n) is 11.5. The summed E-state index contributed by atoms with van der Waals surface area (Å²) in [6.45, 7) is 4.73. The van der Waals surface area contributed by atoms with Crippen molar-refractivity contribution in [3.8, 4) is 0 Å². The van der Waals surface area contributed by atoms with Gasteiger partial charge in [0.05, 0.1) is 9.83 Å². The number of thiophene rings is 1. The Hall–Kier alpha value is 0.1000. The van der Waals surface area contributed by atoms with Crippen molar-refractivity contribution in [1.29, 1.82) is 0 Å². The van der Waals surface area contributed by atoms with E-state index >= 15 is 0 Å². The Morgan fingerprint density at radius 3 is 2.58 bits per heavy atom. The predicted octanol–water partition coefficient (Wildman–Crippen LogP) is 4.02. The number of nitrogens with two attached hydrogens (primary N) is 1. The third-order valence-corrected chi connectivity index (χ3v) is 6.60. The van der Waals surface area contributed by atoms with Crippen LogP contribution in [0.4, 0.5) is 0 Å². The maximum Gasteiger partial charge on any atom is 0.0702 e. The van der Waals surface area contributed by atoms with Gasteiger partial charge in [0, 0.05) is 24.0 Å². The van der Waals surface area contributed by atoms with Crippen molar-refractivity contribution in [3.05, 3.63) is 20.8 Å². The van der Waals surface area contributed by atoms with Crippen LogP contribution in [0.5, 0.6) is 0 Å². The first-order valence-corrected chi connectivity index (χ1v) is 9.05. The van der Waals surface area contributed by atoms with E-state index in [9.17, 15) is 0 Å². The molecule has 4 heteroatoms. The molecule has 3 rings (SSSR count). The number of nitrogens with zero attached hydrogens (tertiary/aromatic N) is 1. The van der Waals surface area contributed by atoms with E-state index in [-0.39, 0.29) is 6.04 Å². The summed E-state index contributed by atoms with van der Waals surface area (Å²) in [7, 11) is 0. The van der Waals surface area contributed by atoms with Gasteiger partial charge in [-0.25, -0.2) is 0 Å². The highest BCUT2D eigenvalue weighted by atomic mass is 79.9. The van der Waals surface area contributed by atoms with Crippen molar-refractivity contribution in [2.45, 2.75) is 44.7 Å².